The van der Waals surface area contributed by atoms with Gasteiger partial charge in [0.1, 0.15) is 0 Å². The van der Waals surface area contributed by atoms with Crippen LogP contribution >= 0.6 is 23.2 Å². The van der Waals surface area contributed by atoms with Crippen molar-refractivity contribution in [2.24, 2.45) is 0 Å². The first-order valence-electron chi connectivity index (χ1n) is 6.84. The lowest BCUT2D eigenvalue weighted by molar-refractivity contribution is 0.193. The Kier molecular flexibility index (Phi) is 3.79. The average Bonchev–Trinajstić information content (AvgIpc) is 2.79. The Labute approximate surface area is 123 Å². The molecular formula is C14H18Cl2N2O. The molecule has 3 rings (SSSR count). The Balaban J connectivity index is 1.75. The van der Waals surface area contributed by atoms with E-state index in [-0.39, 0.29) is 5.75 Å². The molecule has 0 radical (unpaired) electrons. The summed E-state index contributed by atoms with van der Waals surface area (Å²) in [6, 6.07) is 4.57. The first kappa shape index (κ1) is 13.3. The largest absolute Gasteiger partial charge is 0.505 e. The molecule has 1 aromatic carbocycles. The molecule has 2 saturated heterocycles. The van der Waals surface area contributed by atoms with Gasteiger partial charge in [0, 0.05) is 24.3 Å². The Bertz CT molecular complexity index is 458. The van der Waals surface area contributed by atoms with Crippen molar-refractivity contribution in [1.82, 2.24) is 4.90 Å². The van der Waals surface area contributed by atoms with Crippen molar-refractivity contribution in [2.45, 2.75) is 37.8 Å². The van der Waals surface area contributed by atoms with Crippen LogP contribution in [0.1, 0.15) is 25.7 Å². The van der Waals surface area contributed by atoms with Gasteiger partial charge in [-0.2, -0.15) is 0 Å². The van der Waals surface area contributed by atoms with Gasteiger partial charge in [-0.25, -0.2) is 0 Å². The SMILES string of the molecule is Oc1c(Cl)cc(NC2CCN3CCCCC23)cc1Cl. The number of piperidine rings is 1. The van der Waals surface area contributed by atoms with Gasteiger partial charge in [0.25, 0.3) is 0 Å². The minimum atomic E-state index is -0.0420. The summed E-state index contributed by atoms with van der Waals surface area (Å²) < 4.78 is 0. The third kappa shape index (κ3) is 2.64. The predicted octanol–water partition coefficient (Wildman–Crippen LogP) is 3.74. The van der Waals surface area contributed by atoms with Crippen LogP contribution in [0.3, 0.4) is 0 Å². The van der Waals surface area contributed by atoms with Crippen molar-refractivity contribution < 1.29 is 5.11 Å². The second-order valence-electron chi connectivity index (χ2n) is 5.43. The molecule has 2 aliphatic rings. The highest BCUT2D eigenvalue weighted by molar-refractivity contribution is 6.37. The number of hydrogen-bond donors (Lipinski definition) is 2. The molecular weight excluding hydrogens is 283 g/mol. The Morgan fingerprint density at radius 2 is 1.84 bits per heavy atom. The second kappa shape index (κ2) is 5.39. The quantitative estimate of drug-likeness (QED) is 0.817. The summed E-state index contributed by atoms with van der Waals surface area (Å²) in [5.74, 6) is -0.0420. The summed E-state index contributed by atoms with van der Waals surface area (Å²) in [6.07, 6.45) is 5.05. The van der Waals surface area contributed by atoms with E-state index in [2.05, 4.69) is 10.2 Å². The summed E-state index contributed by atoms with van der Waals surface area (Å²) in [5.41, 5.74) is 0.894. The van der Waals surface area contributed by atoms with E-state index in [1.807, 2.05) is 0 Å². The average molecular weight is 301 g/mol. The van der Waals surface area contributed by atoms with Gasteiger partial charge in [0.2, 0.25) is 0 Å². The van der Waals surface area contributed by atoms with Crippen molar-refractivity contribution in [3.63, 3.8) is 0 Å². The Hall–Kier alpha value is -0.640. The topological polar surface area (TPSA) is 35.5 Å². The lowest BCUT2D eigenvalue weighted by Gasteiger charge is -2.33. The molecule has 2 unspecified atom stereocenters. The van der Waals surface area contributed by atoms with Crippen LogP contribution in [-0.4, -0.2) is 35.2 Å². The molecule has 5 heteroatoms. The zero-order valence-electron chi connectivity index (χ0n) is 10.7. The summed E-state index contributed by atoms with van der Waals surface area (Å²) in [4.78, 5) is 2.57. The molecule has 0 aromatic heterocycles. The number of aromatic hydroxyl groups is 1. The smallest absolute Gasteiger partial charge is 0.152 e. The van der Waals surface area contributed by atoms with Gasteiger partial charge >= 0.3 is 0 Å². The van der Waals surface area contributed by atoms with Gasteiger partial charge in [-0.1, -0.05) is 29.6 Å². The molecule has 1 aromatic rings. The molecule has 2 aliphatic heterocycles. The first-order valence-corrected chi connectivity index (χ1v) is 7.59. The lowest BCUT2D eigenvalue weighted by Crippen LogP contribution is -2.41. The fourth-order valence-corrected chi connectivity index (χ4v) is 3.77. The highest BCUT2D eigenvalue weighted by Gasteiger charge is 2.35. The van der Waals surface area contributed by atoms with Crippen molar-refractivity contribution in [1.29, 1.82) is 0 Å². The highest BCUT2D eigenvalue weighted by atomic mass is 35.5. The van der Waals surface area contributed by atoms with Crippen molar-refractivity contribution >= 4 is 28.9 Å². The van der Waals surface area contributed by atoms with Gasteiger partial charge in [0.15, 0.2) is 5.75 Å². The van der Waals surface area contributed by atoms with E-state index in [1.54, 1.807) is 12.1 Å². The van der Waals surface area contributed by atoms with Crippen LogP contribution < -0.4 is 5.32 Å². The standard InChI is InChI=1S/C14H18Cl2N2O/c15-10-7-9(8-11(16)14(10)19)17-12-4-6-18-5-2-1-3-13(12)18/h7-8,12-13,17,19H,1-6H2. The number of fused-ring (bicyclic) bond motifs is 1. The fourth-order valence-electron chi connectivity index (χ4n) is 3.28. The van der Waals surface area contributed by atoms with E-state index < -0.39 is 0 Å². The summed E-state index contributed by atoms with van der Waals surface area (Å²) in [5, 5.41) is 13.7. The number of hydrogen-bond acceptors (Lipinski definition) is 3. The molecule has 3 nitrogen and oxygen atoms in total. The van der Waals surface area contributed by atoms with Gasteiger partial charge in [-0.3, -0.25) is 4.90 Å². The summed E-state index contributed by atoms with van der Waals surface area (Å²) >= 11 is 11.9. The molecule has 0 bridgehead atoms. The number of rotatable bonds is 2. The first-order chi connectivity index (χ1) is 9.15. The van der Waals surface area contributed by atoms with E-state index in [0.717, 1.165) is 12.1 Å². The molecule has 2 N–H and O–H groups in total. The second-order valence-corrected chi connectivity index (χ2v) is 6.24. The van der Waals surface area contributed by atoms with E-state index in [0.29, 0.717) is 22.1 Å². The van der Waals surface area contributed by atoms with E-state index >= 15 is 0 Å². The number of phenolic OH excluding ortho intramolecular Hbond substituents is 1. The normalized spacial score (nSPS) is 27.3. The minimum Gasteiger partial charge on any atom is -0.505 e. The van der Waals surface area contributed by atoms with Gasteiger partial charge < -0.3 is 10.4 Å². The third-order valence-corrected chi connectivity index (χ3v) is 4.80. The number of halogens is 2. The molecule has 104 valence electrons. The molecule has 19 heavy (non-hydrogen) atoms. The summed E-state index contributed by atoms with van der Waals surface area (Å²) in [7, 11) is 0. The van der Waals surface area contributed by atoms with Crippen LogP contribution in [0.2, 0.25) is 10.0 Å². The van der Waals surface area contributed by atoms with Crippen molar-refractivity contribution in [3.8, 4) is 5.75 Å². The van der Waals surface area contributed by atoms with E-state index in [4.69, 9.17) is 23.2 Å². The van der Waals surface area contributed by atoms with Gasteiger partial charge in [-0.05, 0) is 37.9 Å². The molecule has 2 atom stereocenters. The summed E-state index contributed by atoms with van der Waals surface area (Å²) in [6.45, 7) is 2.39. The number of nitrogens with zero attached hydrogens (tertiary/aromatic N) is 1. The third-order valence-electron chi connectivity index (χ3n) is 4.22. The molecule has 0 aliphatic carbocycles. The molecule has 2 fully saturated rings. The van der Waals surface area contributed by atoms with Crippen molar-refractivity contribution in [2.75, 3.05) is 18.4 Å². The van der Waals surface area contributed by atoms with Gasteiger partial charge in [-0.15, -0.1) is 0 Å². The zero-order chi connectivity index (χ0) is 13.4. The predicted molar refractivity (Wildman–Crippen MR) is 79.4 cm³/mol. The molecule has 0 saturated carbocycles. The van der Waals surface area contributed by atoms with Gasteiger partial charge in [0.05, 0.1) is 10.0 Å². The van der Waals surface area contributed by atoms with Crippen LogP contribution in [0.25, 0.3) is 0 Å². The maximum Gasteiger partial charge on any atom is 0.152 e. The highest BCUT2D eigenvalue weighted by Crippen LogP contribution is 2.36. The van der Waals surface area contributed by atoms with Crippen LogP contribution in [0.5, 0.6) is 5.75 Å². The lowest BCUT2D eigenvalue weighted by atomic mass is 9.99. The number of anilines is 1. The molecule has 2 heterocycles. The minimum absolute atomic E-state index is 0.0420. The zero-order valence-corrected chi connectivity index (χ0v) is 12.2. The number of benzene rings is 1. The molecule has 0 amide bonds. The van der Waals surface area contributed by atoms with Crippen LogP contribution in [0.15, 0.2) is 12.1 Å². The Morgan fingerprint density at radius 1 is 1.11 bits per heavy atom. The fraction of sp³-hybridized carbons (Fsp3) is 0.571. The van der Waals surface area contributed by atoms with Crippen LogP contribution in [0, 0.1) is 0 Å². The Morgan fingerprint density at radius 3 is 2.58 bits per heavy atom. The maximum absolute atomic E-state index is 9.58. The van der Waals surface area contributed by atoms with E-state index in [1.165, 1.54) is 32.4 Å². The van der Waals surface area contributed by atoms with Crippen molar-refractivity contribution in [3.05, 3.63) is 22.2 Å². The number of phenols is 1. The van der Waals surface area contributed by atoms with Crippen LogP contribution in [0.4, 0.5) is 5.69 Å². The maximum atomic E-state index is 9.58. The monoisotopic (exact) mass is 300 g/mol. The van der Waals surface area contributed by atoms with Crippen LogP contribution in [-0.2, 0) is 0 Å². The molecule has 0 spiro atoms. The van der Waals surface area contributed by atoms with E-state index in [9.17, 15) is 5.11 Å². The number of nitrogens with one attached hydrogen (secondary N) is 1.